The lowest BCUT2D eigenvalue weighted by molar-refractivity contribution is -0.123. The standard InChI is InChI=1S/C27H28N4O6S3/c1-2-37-27(33)30-22(16-18-7-4-3-5-8-18)25(32)28-21(23-17-39-26(29-23)24-9-6-14-38-24)15-19-10-12-20(13-11-19)31-40(34,35)36/h3-14,17,21-22,31H,2,15-16H2,1H3,(H,28,32)(H,30,33)(H,34,35,36)/t21-,22-/m0/s1. The molecule has 2 atom stereocenters. The molecule has 13 heteroatoms. The van der Waals surface area contributed by atoms with Gasteiger partial charge in [0.25, 0.3) is 0 Å². The van der Waals surface area contributed by atoms with Crippen molar-refractivity contribution < 1.29 is 27.3 Å². The Kier molecular flexibility index (Phi) is 9.88. The molecule has 0 saturated heterocycles. The number of anilines is 1. The molecular formula is C27H28N4O6S3. The van der Waals surface area contributed by atoms with Gasteiger partial charge in [0.2, 0.25) is 5.91 Å². The van der Waals surface area contributed by atoms with Crippen molar-refractivity contribution >= 4 is 50.7 Å². The third-order valence-corrected chi connectivity index (χ3v) is 8.13. The van der Waals surface area contributed by atoms with E-state index >= 15 is 0 Å². The van der Waals surface area contributed by atoms with Crippen LogP contribution in [0.3, 0.4) is 0 Å². The highest BCUT2D eigenvalue weighted by molar-refractivity contribution is 7.87. The molecule has 2 heterocycles. The topological polar surface area (TPSA) is 147 Å². The maximum Gasteiger partial charge on any atom is 0.407 e. The summed E-state index contributed by atoms with van der Waals surface area (Å²) in [5.74, 6) is -0.405. The Bertz CT molecular complexity index is 1510. The number of amides is 2. The lowest BCUT2D eigenvalue weighted by atomic mass is 10.0. The van der Waals surface area contributed by atoms with Crippen molar-refractivity contribution in [3.05, 3.63) is 94.3 Å². The van der Waals surface area contributed by atoms with E-state index in [1.807, 2.05) is 57.9 Å². The molecule has 4 aromatic rings. The summed E-state index contributed by atoms with van der Waals surface area (Å²) in [7, 11) is -4.40. The van der Waals surface area contributed by atoms with E-state index in [4.69, 9.17) is 14.3 Å². The molecule has 0 unspecified atom stereocenters. The van der Waals surface area contributed by atoms with Crippen LogP contribution in [-0.2, 0) is 32.7 Å². The molecule has 0 fully saturated rings. The fraction of sp³-hybridized carbons (Fsp3) is 0.222. The Hall–Kier alpha value is -3.78. The number of carbonyl (C=O) groups excluding carboxylic acids is 2. The van der Waals surface area contributed by atoms with Crippen LogP contribution in [0, 0.1) is 0 Å². The number of hydrogen-bond donors (Lipinski definition) is 4. The van der Waals surface area contributed by atoms with E-state index in [2.05, 4.69) is 10.6 Å². The number of benzene rings is 2. The van der Waals surface area contributed by atoms with Gasteiger partial charge in [0.05, 0.1) is 28.9 Å². The summed E-state index contributed by atoms with van der Waals surface area (Å²) in [6, 6.07) is 18.2. The molecule has 10 nitrogen and oxygen atoms in total. The number of hydrogen-bond acceptors (Lipinski definition) is 8. The molecule has 0 radical (unpaired) electrons. The minimum absolute atomic E-state index is 0.168. The average molecular weight is 601 g/mol. The summed E-state index contributed by atoms with van der Waals surface area (Å²) in [5, 5.41) is 10.4. The van der Waals surface area contributed by atoms with E-state index < -0.39 is 34.4 Å². The van der Waals surface area contributed by atoms with E-state index in [1.165, 1.54) is 23.5 Å². The summed E-state index contributed by atoms with van der Waals surface area (Å²) in [6.07, 6.45) is -0.0972. The first kappa shape index (κ1) is 29.2. The first-order chi connectivity index (χ1) is 19.2. The first-order valence-electron chi connectivity index (χ1n) is 12.3. The van der Waals surface area contributed by atoms with Crippen molar-refractivity contribution in [2.45, 2.75) is 31.8 Å². The monoisotopic (exact) mass is 600 g/mol. The molecule has 0 aliphatic rings. The van der Waals surface area contributed by atoms with Crippen molar-refractivity contribution in [2.75, 3.05) is 11.3 Å². The van der Waals surface area contributed by atoms with Crippen LogP contribution in [0.25, 0.3) is 9.88 Å². The fourth-order valence-corrected chi connectivity index (χ4v) is 6.05. The second kappa shape index (κ2) is 13.5. The largest absolute Gasteiger partial charge is 0.450 e. The Labute approximate surface area is 240 Å². The highest BCUT2D eigenvalue weighted by Crippen LogP contribution is 2.31. The highest BCUT2D eigenvalue weighted by atomic mass is 32.2. The molecule has 0 aliphatic heterocycles. The van der Waals surface area contributed by atoms with Gasteiger partial charge in [-0.15, -0.1) is 22.7 Å². The van der Waals surface area contributed by atoms with Crippen LogP contribution >= 0.6 is 22.7 Å². The molecule has 0 saturated carbocycles. The molecule has 4 rings (SSSR count). The lowest BCUT2D eigenvalue weighted by Crippen LogP contribution is -2.49. The number of thiophene rings is 1. The van der Waals surface area contributed by atoms with Gasteiger partial charge in [0, 0.05) is 11.8 Å². The number of thiazole rings is 1. The van der Waals surface area contributed by atoms with Crippen LogP contribution in [0.1, 0.15) is 29.8 Å². The number of ether oxygens (including phenoxy) is 1. The summed E-state index contributed by atoms with van der Waals surface area (Å²) in [6.45, 7) is 1.85. The van der Waals surface area contributed by atoms with E-state index in [1.54, 1.807) is 30.4 Å². The Balaban J connectivity index is 1.59. The van der Waals surface area contributed by atoms with Gasteiger partial charge in [0.1, 0.15) is 11.0 Å². The number of aromatic nitrogens is 1. The number of rotatable bonds is 12. The molecular weight excluding hydrogens is 573 g/mol. The average Bonchev–Trinajstić information content (AvgIpc) is 3.61. The number of nitrogens with one attached hydrogen (secondary N) is 3. The smallest absolute Gasteiger partial charge is 0.407 e. The predicted molar refractivity (Wildman–Crippen MR) is 156 cm³/mol. The first-order valence-corrected chi connectivity index (χ1v) is 15.5. The van der Waals surface area contributed by atoms with E-state index in [9.17, 15) is 18.0 Å². The number of alkyl carbamates (subject to hydrolysis) is 1. The summed E-state index contributed by atoms with van der Waals surface area (Å²) in [4.78, 5) is 31.7. The van der Waals surface area contributed by atoms with Crippen LogP contribution < -0.4 is 15.4 Å². The van der Waals surface area contributed by atoms with Crippen molar-refractivity contribution in [2.24, 2.45) is 0 Å². The van der Waals surface area contributed by atoms with Crippen molar-refractivity contribution in [1.82, 2.24) is 15.6 Å². The highest BCUT2D eigenvalue weighted by Gasteiger charge is 2.26. The summed E-state index contributed by atoms with van der Waals surface area (Å²) >= 11 is 3.03. The second-order valence-corrected chi connectivity index (χ2v) is 11.7. The van der Waals surface area contributed by atoms with E-state index in [0.29, 0.717) is 12.1 Å². The van der Waals surface area contributed by atoms with E-state index in [-0.39, 0.29) is 18.7 Å². The number of carbonyl (C=O) groups is 2. The molecule has 2 aromatic carbocycles. The predicted octanol–water partition coefficient (Wildman–Crippen LogP) is 4.84. The fourth-order valence-electron chi connectivity index (χ4n) is 3.93. The van der Waals surface area contributed by atoms with Crippen LogP contribution in [0.4, 0.5) is 10.5 Å². The van der Waals surface area contributed by atoms with Crippen LogP contribution in [0.5, 0.6) is 0 Å². The Morgan fingerprint density at radius 2 is 1.68 bits per heavy atom. The van der Waals surface area contributed by atoms with Crippen LogP contribution in [-0.4, -0.2) is 42.6 Å². The van der Waals surface area contributed by atoms with Crippen molar-refractivity contribution in [3.8, 4) is 9.88 Å². The quantitative estimate of drug-likeness (QED) is 0.170. The second-order valence-electron chi connectivity index (χ2n) is 8.70. The molecule has 0 bridgehead atoms. The molecule has 210 valence electrons. The zero-order valence-corrected chi connectivity index (χ0v) is 23.9. The minimum Gasteiger partial charge on any atom is -0.450 e. The van der Waals surface area contributed by atoms with Gasteiger partial charge >= 0.3 is 16.4 Å². The van der Waals surface area contributed by atoms with Crippen LogP contribution in [0.2, 0.25) is 0 Å². The summed E-state index contributed by atoms with van der Waals surface area (Å²) < 4.78 is 38.3. The van der Waals surface area contributed by atoms with E-state index in [0.717, 1.165) is 21.0 Å². The maximum atomic E-state index is 13.6. The van der Waals surface area contributed by atoms with Gasteiger partial charge in [-0.25, -0.2) is 9.78 Å². The maximum absolute atomic E-state index is 13.6. The molecule has 40 heavy (non-hydrogen) atoms. The Morgan fingerprint density at radius 3 is 2.33 bits per heavy atom. The van der Waals surface area contributed by atoms with Gasteiger partial charge in [-0.3, -0.25) is 14.1 Å². The molecule has 2 aromatic heterocycles. The van der Waals surface area contributed by atoms with Crippen molar-refractivity contribution in [3.63, 3.8) is 0 Å². The van der Waals surface area contributed by atoms with Gasteiger partial charge in [-0.05, 0) is 48.1 Å². The molecule has 0 spiro atoms. The zero-order valence-electron chi connectivity index (χ0n) is 21.4. The van der Waals surface area contributed by atoms with Crippen molar-refractivity contribution in [1.29, 1.82) is 0 Å². The SMILES string of the molecule is CCOC(=O)N[C@@H](Cc1ccccc1)C(=O)N[C@@H](Cc1ccc(NS(=O)(=O)O)cc1)c1csc(-c2cccs2)n1. The third-order valence-electron chi connectivity index (χ3n) is 5.73. The van der Waals surface area contributed by atoms with Gasteiger partial charge in [-0.1, -0.05) is 48.5 Å². The zero-order chi connectivity index (χ0) is 28.5. The van der Waals surface area contributed by atoms with Gasteiger partial charge in [-0.2, -0.15) is 8.42 Å². The third kappa shape index (κ3) is 8.61. The summed E-state index contributed by atoms with van der Waals surface area (Å²) in [5.41, 5.74) is 2.50. The Morgan fingerprint density at radius 1 is 0.950 bits per heavy atom. The lowest BCUT2D eigenvalue weighted by Gasteiger charge is -2.23. The normalized spacial score (nSPS) is 12.8. The van der Waals surface area contributed by atoms with Crippen LogP contribution in [0.15, 0.2) is 77.5 Å². The minimum atomic E-state index is -4.40. The number of nitrogens with zero attached hydrogens (tertiary/aromatic N) is 1. The molecule has 0 aliphatic carbocycles. The molecule has 4 N–H and O–H groups in total. The van der Waals surface area contributed by atoms with Gasteiger partial charge in [0.15, 0.2) is 0 Å². The molecule has 2 amide bonds. The van der Waals surface area contributed by atoms with Gasteiger partial charge < -0.3 is 15.4 Å².